The first kappa shape index (κ1) is 17.9. The Kier molecular flexibility index (Phi) is 9.27. The van der Waals surface area contributed by atoms with Crippen LogP contribution in [0.25, 0.3) is 0 Å². The monoisotopic (exact) mass is 271 g/mol. The van der Waals surface area contributed by atoms with Crippen molar-refractivity contribution >= 4 is 11.9 Å². The molecule has 0 aliphatic carbocycles. The summed E-state index contributed by atoms with van der Waals surface area (Å²) < 4.78 is 4.60. The number of carbonyl (C=O) groups is 2. The number of alkyl carbamates (subject to hydrolysis) is 1. The summed E-state index contributed by atoms with van der Waals surface area (Å²) in [6, 6.07) is -0.444. The highest BCUT2D eigenvalue weighted by molar-refractivity contribution is 5.89. The third-order valence-electron chi connectivity index (χ3n) is 3.38. The fourth-order valence-electron chi connectivity index (χ4n) is 2.23. The molecule has 4 heteroatoms. The molecule has 1 amide bonds. The van der Waals surface area contributed by atoms with Gasteiger partial charge in [-0.25, -0.2) is 4.79 Å². The predicted octanol–water partition coefficient (Wildman–Crippen LogP) is 3.54. The first-order valence-electron chi connectivity index (χ1n) is 7.36. The van der Waals surface area contributed by atoms with Crippen LogP contribution in [0.15, 0.2) is 0 Å². The number of carbonyl (C=O) groups excluding carboxylic acids is 2. The van der Waals surface area contributed by atoms with Crippen LogP contribution in [0.3, 0.4) is 0 Å². The summed E-state index contributed by atoms with van der Waals surface area (Å²) in [7, 11) is 1.32. The lowest BCUT2D eigenvalue weighted by Crippen LogP contribution is -2.46. The molecule has 0 aromatic rings. The zero-order valence-corrected chi connectivity index (χ0v) is 13.0. The van der Waals surface area contributed by atoms with Gasteiger partial charge in [0.1, 0.15) is 0 Å². The van der Waals surface area contributed by atoms with Crippen molar-refractivity contribution in [3.8, 4) is 0 Å². The second-order valence-electron chi connectivity index (χ2n) is 5.39. The summed E-state index contributed by atoms with van der Waals surface area (Å²) in [5, 5.41) is 2.67. The molecule has 2 unspecified atom stereocenters. The van der Waals surface area contributed by atoms with Crippen LogP contribution in [-0.2, 0) is 9.53 Å². The van der Waals surface area contributed by atoms with Crippen LogP contribution in [0.4, 0.5) is 4.79 Å². The van der Waals surface area contributed by atoms with E-state index in [1.165, 1.54) is 7.11 Å². The Hall–Kier alpha value is -1.06. The Bertz CT molecular complexity index is 277. The second-order valence-corrected chi connectivity index (χ2v) is 5.39. The fraction of sp³-hybridized carbons (Fsp3) is 0.867. The molecule has 0 aliphatic rings. The van der Waals surface area contributed by atoms with Gasteiger partial charge in [-0.15, -0.1) is 0 Å². The summed E-state index contributed by atoms with van der Waals surface area (Å²) >= 11 is 0. The lowest BCUT2D eigenvalue weighted by molar-refractivity contribution is -0.126. The third-order valence-corrected chi connectivity index (χ3v) is 3.38. The number of rotatable bonds is 9. The molecule has 0 rings (SSSR count). The zero-order chi connectivity index (χ0) is 14.8. The minimum atomic E-state index is -0.530. The molecule has 0 aromatic carbocycles. The number of ketones is 1. The van der Waals surface area contributed by atoms with E-state index < -0.39 is 12.1 Å². The average Bonchev–Trinajstić information content (AvgIpc) is 2.39. The van der Waals surface area contributed by atoms with Crippen molar-refractivity contribution in [1.82, 2.24) is 5.32 Å². The van der Waals surface area contributed by atoms with E-state index >= 15 is 0 Å². The van der Waals surface area contributed by atoms with E-state index in [4.69, 9.17) is 0 Å². The molecule has 2 atom stereocenters. The van der Waals surface area contributed by atoms with Crippen molar-refractivity contribution in [2.75, 3.05) is 7.11 Å². The van der Waals surface area contributed by atoms with E-state index in [9.17, 15) is 9.59 Å². The molecule has 0 radical (unpaired) electrons. The van der Waals surface area contributed by atoms with Gasteiger partial charge in [-0.05, 0) is 18.8 Å². The molecule has 19 heavy (non-hydrogen) atoms. The van der Waals surface area contributed by atoms with E-state index in [1.807, 2.05) is 13.8 Å². The normalized spacial score (nSPS) is 14.0. The number of hydrogen-bond donors (Lipinski definition) is 1. The Balaban J connectivity index is 4.75. The Morgan fingerprint density at radius 3 is 2.16 bits per heavy atom. The maximum atomic E-state index is 12.6. The van der Waals surface area contributed by atoms with Crippen molar-refractivity contribution in [3.63, 3.8) is 0 Å². The number of unbranched alkanes of at least 4 members (excludes halogenated alkanes) is 1. The molecule has 4 nitrogen and oxygen atoms in total. The minimum absolute atomic E-state index is 0.0505. The van der Waals surface area contributed by atoms with Gasteiger partial charge in [0.2, 0.25) is 0 Å². The molecule has 0 saturated heterocycles. The van der Waals surface area contributed by atoms with Crippen LogP contribution in [0.2, 0.25) is 0 Å². The van der Waals surface area contributed by atoms with Gasteiger partial charge in [0, 0.05) is 5.92 Å². The molecule has 0 saturated carbocycles. The quantitative estimate of drug-likeness (QED) is 0.698. The van der Waals surface area contributed by atoms with Crippen molar-refractivity contribution < 1.29 is 14.3 Å². The van der Waals surface area contributed by atoms with Gasteiger partial charge >= 0.3 is 6.09 Å². The summed E-state index contributed by atoms with van der Waals surface area (Å²) in [6.45, 7) is 8.10. The Labute approximate surface area is 117 Å². The van der Waals surface area contributed by atoms with Gasteiger partial charge in [0.25, 0.3) is 0 Å². The van der Waals surface area contributed by atoms with Gasteiger partial charge in [0.05, 0.1) is 13.2 Å². The molecular weight excluding hydrogens is 242 g/mol. The summed E-state index contributed by atoms with van der Waals surface area (Å²) in [4.78, 5) is 23.9. The molecule has 0 bridgehead atoms. The molecule has 0 fully saturated rings. The molecular formula is C15H29NO3. The van der Waals surface area contributed by atoms with Crippen molar-refractivity contribution in [2.24, 2.45) is 11.8 Å². The molecule has 0 aliphatic heterocycles. The zero-order valence-electron chi connectivity index (χ0n) is 13.0. The summed E-state index contributed by atoms with van der Waals surface area (Å²) in [6.07, 6.45) is 4.41. The minimum Gasteiger partial charge on any atom is -0.453 e. The van der Waals surface area contributed by atoms with Gasteiger partial charge in [-0.1, -0.05) is 47.0 Å². The number of hydrogen-bond acceptors (Lipinski definition) is 3. The Morgan fingerprint density at radius 2 is 1.74 bits per heavy atom. The molecule has 112 valence electrons. The van der Waals surface area contributed by atoms with E-state index in [0.717, 1.165) is 32.1 Å². The van der Waals surface area contributed by atoms with Gasteiger partial charge in [0.15, 0.2) is 5.78 Å². The lowest BCUT2D eigenvalue weighted by atomic mass is 9.85. The summed E-state index contributed by atoms with van der Waals surface area (Å²) in [5.41, 5.74) is 0. The van der Waals surface area contributed by atoms with E-state index in [0.29, 0.717) is 0 Å². The van der Waals surface area contributed by atoms with Crippen molar-refractivity contribution in [1.29, 1.82) is 0 Å². The number of methoxy groups -OCH3 is 1. The average molecular weight is 271 g/mol. The Morgan fingerprint density at radius 1 is 1.11 bits per heavy atom. The third kappa shape index (κ3) is 6.60. The first-order chi connectivity index (χ1) is 8.97. The molecule has 1 N–H and O–H groups in total. The summed E-state index contributed by atoms with van der Waals surface area (Å²) in [5.74, 6) is 0.276. The van der Waals surface area contributed by atoms with E-state index in [2.05, 4.69) is 23.9 Å². The number of ether oxygens (including phenoxy) is 1. The van der Waals surface area contributed by atoms with Crippen LogP contribution in [0, 0.1) is 11.8 Å². The molecule has 0 heterocycles. The highest BCUT2D eigenvalue weighted by atomic mass is 16.5. The van der Waals surface area contributed by atoms with Gasteiger partial charge in [-0.3, -0.25) is 4.79 Å². The van der Waals surface area contributed by atoms with Crippen molar-refractivity contribution in [2.45, 2.75) is 65.8 Å². The van der Waals surface area contributed by atoms with E-state index in [1.54, 1.807) is 0 Å². The highest BCUT2D eigenvalue weighted by Crippen LogP contribution is 2.20. The second kappa shape index (κ2) is 9.82. The lowest BCUT2D eigenvalue weighted by Gasteiger charge is -2.25. The smallest absolute Gasteiger partial charge is 0.407 e. The standard InChI is InChI=1S/C15H29NO3/c1-6-8-10-12(9-7-2)14(17)13(11(3)4)16-15(18)19-5/h11-13H,6-10H2,1-5H3,(H,16,18). The SMILES string of the molecule is CCCCC(CCC)C(=O)C(NC(=O)OC)C(C)C. The van der Waals surface area contributed by atoms with Crippen LogP contribution in [0.1, 0.15) is 59.8 Å². The molecule has 0 spiro atoms. The fourth-order valence-corrected chi connectivity index (χ4v) is 2.23. The number of amides is 1. The van der Waals surface area contributed by atoms with Gasteiger partial charge < -0.3 is 10.1 Å². The largest absolute Gasteiger partial charge is 0.453 e. The predicted molar refractivity (Wildman–Crippen MR) is 77.1 cm³/mol. The van der Waals surface area contributed by atoms with Crippen LogP contribution >= 0.6 is 0 Å². The number of nitrogens with one attached hydrogen (secondary N) is 1. The topological polar surface area (TPSA) is 55.4 Å². The van der Waals surface area contributed by atoms with Crippen LogP contribution in [-0.4, -0.2) is 25.0 Å². The van der Waals surface area contributed by atoms with Crippen molar-refractivity contribution in [3.05, 3.63) is 0 Å². The van der Waals surface area contributed by atoms with E-state index in [-0.39, 0.29) is 17.6 Å². The maximum Gasteiger partial charge on any atom is 0.407 e. The molecule has 0 aromatic heterocycles. The van der Waals surface area contributed by atoms with Gasteiger partial charge in [-0.2, -0.15) is 0 Å². The maximum absolute atomic E-state index is 12.6. The first-order valence-corrected chi connectivity index (χ1v) is 7.36. The number of Topliss-reactive ketones (excluding diaryl/α,β-unsaturated/α-hetero) is 1. The highest BCUT2D eigenvalue weighted by Gasteiger charge is 2.29. The van der Waals surface area contributed by atoms with Crippen LogP contribution in [0.5, 0.6) is 0 Å². The van der Waals surface area contributed by atoms with Crippen LogP contribution < -0.4 is 5.32 Å².